The van der Waals surface area contributed by atoms with Crippen molar-refractivity contribution in [3.05, 3.63) is 64.8 Å². The Hall–Kier alpha value is -3.06. The van der Waals surface area contributed by atoms with Crippen LogP contribution in [0.2, 0.25) is 0 Å². The Balaban J connectivity index is 1.52. The molecule has 2 N–H and O–H groups in total. The smallest absolute Gasteiger partial charge is 0.270 e. The first-order chi connectivity index (χ1) is 13.2. The molecule has 0 saturated carbocycles. The lowest BCUT2D eigenvalue weighted by Crippen LogP contribution is -2.28. The summed E-state index contributed by atoms with van der Waals surface area (Å²) >= 11 is 0. The number of aryl methyl sites for hydroxylation is 2. The van der Waals surface area contributed by atoms with Gasteiger partial charge < -0.3 is 14.9 Å². The van der Waals surface area contributed by atoms with Gasteiger partial charge in [-0.2, -0.15) is 4.98 Å². The number of hydrogen-bond donors (Lipinski definition) is 2. The number of aliphatic hydroxyl groups is 1. The van der Waals surface area contributed by atoms with Gasteiger partial charge in [-0.1, -0.05) is 24.2 Å². The molecule has 2 aromatic heterocycles. The SMILES string of the molecule is CCc1nc(-c2ccc3c(c2)CCC3NC(=O)c2cc(CO)ccn2)no1. The molecule has 0 saturated heterocycles. The lowest BCUT2D eigenvalue weighted by molar-refractivity contribution is 0.0931. The molecular formula is C20H20N4O3. The highest BCUT2D eigenvalue weighted by Gasteiger charge is 2.25. The molecule has 7 nitrogen and oxygen atoms in total. The van der Waals surface area contributed by atoms with E-state index < -0.39 is 0 Å². The van der Waals surface area contributed by atoms with Crippen LogP contribution in [0.25, 0.3) is 11.4 Å². The van der Waals surface area contributed by atoms with Crippen LogP contribution in [-0.2, 0) is 19.4 Å². The Morgan fingerprint density at radius 2 is 2.22 bits per heavy atom. The predicted molar refractivity (Wildman–Crippen MR) is 97.8 cm³/mol. The maximum Gasteiger partial charge on any atom is 0.270 e. The highest BCUT2D eigenvalue weighted by molar-refractivity contribution is 5.92. The monoisotopic (exact) mass is 364 g/mol. The van der Waals surface area contributed by atoms with Gasteiger partial charge in [0.2, 0.25) is 11.7 Å². The van der Waals surface area contributed by atoms with Gasteiger partial charge >= 0.3 is 0 Å². The van der Waals surface area contributed by atoms with Crippen LogP contribution in [0.5, 0.6) is 0 Å². The maximum absolute atomic E-state index is 12.5. The van der Waals surface area contributed by atoms with E-state index >= 15 is 0 Å². The second-order valence-corrected chi connectivity index (χ2v) is 6.55. The predicted octanol–water partition coefficient (Wildman–Crippen LogP) is 2.60. The van der Waals surface area contributed by atoms with Gasteiger partial charge in [-0.25, -0.2) is 0 Å². The number of nitrogens with zero attached hydrogens (tertiary/aromatic N) is 3. The van der Waals surface area contributed by atoms with E-state index in [9.17, 15) is 9.90 Å². The number of carbonyl (C=O) groups excluding carboxylic acids is 1. The average molecular weight is 364 g/mol. The normalized spacial score (nSPS) is 15.6. The zero-order valence-corrected chi connectivity index (χ0v) is 15.0. The van der Waals surface area contributed by atoms with Crippen molar-refractivity contribution in [2.45, 2.75) is 38.8 Å². The molecule has 0 radical (unpaired) electrons. The Bertz CT molecular complexity index is 983. The number of carbonyl (C=O) groups is 1. The third-order valence-corrected chi connectivity index (χ3v) is 4.79. The van der Waals surface area contributed by atoms with E-state index in [1.165, 1.54) is 11.8 Å². The summed E-state index contributed by atoms with van der Waals surface area (Å²) in [5.41, 5.74) is 4.17. The highest BCUT2D eigenvalue weighted by Crippen LogP contribution is 2.33. The molecule has 0 fully saturated rings. The lowest BCUT2D eigenvalue weighted by Gasteiger charge is -2.14. The summed E-state index contributed by atoms with van der Waals surface area (Å²) in [6.45, 7) is 1.85. The largest absolute Gasteiger partial charge is 0.392 e. The lowest BCUT2D eigenvalue weighted by atomic mass is 10.0. The van der Waals surface area contributed by atoms with Gasteiger partial charge in [-0.15, -0.1) is 0 Å². The van der Waals surface area contributed by atoms with Gasteiger partial charge in [0.05, 0.1) is 12.6 Å². The maximum atomic E-state index is 12.5. The van der Waals surface area contributed by atoms with Crippen LogP contribution in [0.4, 0.5) is 0 Å². The molecule has 27 heavy (non-hydrogen) atoms. The van der Waals surface area contributed by atoms with E-state index in [1.54, 1.807) is 12.1 Å². The fourth-order valence-electron chi connectivity index (χ4n) is 3.35. The van der Waals surface area contributed by atoms with Crippen LogP contribution in [0.3, 0.4) is 0 Å². The number of fused-ring (bicyclic) bond motifs is 1. The number of nitrogens with one attached hydrogen (secondary N) is 1. The molecule has 0 spiro atoms. The van der Waals surface area contributed by atoms with Gasteiger partial charge in [-0.3, -0.25) is 9.78 Å². The molecule has 1 aliphatic carbocycles. The standard InChI is InChI=1S/C20H20N4O3/c1-2-18-23-19(24-27-18)14-3-5-15-13(10-14)4-6-16(15)22-20(26)17-9-12(11-25)7-8-21-17/h3,5,7-10,16,25H,2,4,6,11H2,1H3,(H,22,26). The number of pyridine rings is 1. The summed E-state index contributed by atoms with van der Waals surface area (Å²) in [7, 11) is 0. The summed E-state index contributed by atoms with van der Waals surface area (Å²) < 4.78 is 5.19. The minimum Gasteiger partial charge on any atom is -0.392 e. The molecule has 7 heteroatoms. The number of benzene rings is 1. The number of hydrogen-bond acceptors (Lipinski definition) is 6. The molecule has 4 rings (SSSR count). The summed E-state index contributed by atoms with van der Waals surface area (Å²) in [5.74, 6) is 0.971. The molecular weight excluding hydrogens is 344 g/mol. The summed E-state index contributed by atoms with van der Waals surface area (Å²) in [5, 5.41) is 16.3. The minimum absolute atomic E-state index is 0.0578. The second kappa shape index (κ2) is 7.28. The minimum atomic E-state index is -0.238. The number of aliphatic hydroxyl groups excluding tert-OH is 1. The first-order valence-corrected chi connectivity index (χ1v) is 9.00. The summed E-state index contributed by atoms with van der Waals surface area (Å²) in [4.78, 5) is 21.0. The van der Waals surface area contributed by atoms with E-state index in [0.29, 0.717) is 29.4 Å². The van der Waals surface area contributed by atoms with Crippen LogP contribution in [0.15, 0.2) is 41.1 Å². The van der Waals surface area contributed by atoms with Crippen molar-refractivity contribution in [2.75, 3.05) is 0 Å². The quantitative estimate of drug-likeness (QED) is 0.722. The van der Waals surface area contributed by atoms with E-state index in [1.807, 2.05) is 19.1 Å². The first kappa shape index (κ1) is 17.4. The van der Waals surface area contributed by atoms with E-state index in [-0.39, 0.29) is 18.6 Å². The van der Waals surface area contributed by atoms with Crippen LogP contribution >= 0.6 is 0 Å². The van der Waals surface area contributed by atoms with Gasteiger partial charge in [0, 0.05) is 18.2 Å². The molecule has 1 aromatic carbocycles. The van der Waals surface area contributed by atoms with E-state index in [2.05, 4.69) is 26.5 Å². The van der Waals surface area contributed by atoms with E-state index in [4.69, 9.17) is 4.52 Å². The molecule has 2 heterocycles. The summed E-state index contributed by atoms with van der Waals surface area (Å²) in [6, 6.07) is 9.27. The molecule has 138 valence electrons. The van der Waals surface area contributed by atoms with Crippen molar-refractivity contribution >= 4 is 5.91 Å². The number of aromatic nitrogens is 3. The highest BCUT2D eigenvalue weighted by atomic mass is 16.5. The van der Waals surface area contributed by atoms with Crippen LogP contribution in [0, 0.1) is 0 Å². The zero-order valence-electron chi connectivity index (χ0n) is 15.0. The molecule has 0 aliphatic heterocycles. The molecule has 1 aliphatic rings. The molecule has 1 amide bonds. The third kappa shape index (κ3) is 3.46. The Kier molecular flexibility index (Phi) is 4.68. The fourth-order valence-corrected chi connectivity index (χ4v) is 3.35. The zero-order chi connectivity index (χ0) is 18.8. The summed E-state index contributed by atoms with van der Waals surface area (Å²) in [6.07, 6.45) is 3.94. The Morgan fingerprint density at radius 3 is 3.00 bits per heavy atom. The van der Waals surface area contributed by atoms with Crippen molar-refractivity contribution in [2.24, 2.45) is 0 Å². The van der Waals surface area contributed by atoms with Crippen LogP contribution < -0.4 is 5.32 Å². The molecule has 3 aromatic rings. The molecule has 0 bridgehead atoms. The molecule has 1 unspecified atom stereocenters. The van der Waals surface area contributed by atoms with Crippen LogP contribution in [0.1, 0.15) is 52.5 Å². The van der Waals surface area contributed by atoms with Crippen molar-refractivity contribution < 1.29 is 14.4 Å². The fraction of sp³-hybridized carbons (Fsp3) is 0.300. The van der Waals surface area contributed by atoms with Crippen molar-refractivity contribution in [1.82, 2.24) is 20.4 Å². The van der Waals surface area contributed by atoms with Gasteiger partial charge in [0.15, 0.2) is 0 Å². The van der Waals surface area contributed by atoms with Crippen molar-refractivity contribution in [1.29, 1.82) is 0 Å². The number of rotatable bonds is 5. The topological polar surface area (TPSA) is 101 Å². The van der Waals surface area contributed by atoms with E-state index in [0.717, 1.165) is 24.0 Å². The van der Waals surface area contributed by atoms with Crippen molar-refractivity contribution in [3.8, 4) is 11.4 Å². The number of amides is 1. The van der Waals surface area contributed by atoms with Crippen molar-refractivity contribution in [3.63, 3.8) is 0 Å². The second-order valence-electron chi connectivity index (χ2n) is 6.55. The van der Waals surface area contributed by atoms with Gasteiger partial charge in [-0.05, 0) is 47.7 Å². The van der Waals surface area contributed by atoms with Gasteiger partial charge in [0.1, 0.15) is 5.69 Å². The third-order valence-electron chi connectivity index (χ3n) is 4.79. The average Bonchev–Trinajstić information content (AvgIpc) is 3.35. The first-order valence-electron chi connectivity index (χ1n) is 9.00. The Labute approximate surface area is 156 Å². The molecule has 1 atom stereocenters. The van der Waals surface area contributed by atoms with Gasteiger partial charge in [0.25, 0.3) is 5.91 Å². The Morgan fingerprint density at radius 1 is 1.33 bits per heavy atom. The van der Waals surface area contributed by atoms with Crippen LogP contribution in [-0.4, -0.2) is 26.1 Å².